The number of rotatable bonds is 49. The van der Waals surface area contributed by atoms with Gasteiger partial charge in [0.05, 0.1) is 19.8 Å². The molecule has 62 heavy (non-hydrogen) atoms. The van der Waals surface area contributed by atoms with Gasteiger partial charge in [0.25, 0.3) is 0 Å². The molecule has 1 fully saturated rings. The Morgan fingerprint density at radius 2 is 0.887 bits per heavy atom. The molecule has 1 N–H and O–H groups in total. The van der Waals surface area contributed by atoms with Crippen molar-refractivity contribution in [3.05, 3.63) is 0 Å². The first-order chi connectivity index (χ1) is 30.5. The van der Waals surface area contributed by atoms with E-state index in [0.717, 1.165) is 77.7 Å². The first-order valence-electron chi connectivity index (χ1n) is 27.9. The van der Waals surface area contributed by atoms with E-state index in [1.54, 1.807) is 0 Å². The molecule has 0 aromatic heterocycles. The average Bonchev–Trinajstić information content (AvgIpc) is 3.25. The van der Waals surface area contributed by atoms with Crippen LogP contribution in [-0.4, -0.2) is 85.4 Å². The summed E-state index contributed by atoms with van der Waals surface area (Å²) >= 11 is 0. The van der Waals surface area contributed by atoms with E-state index >= 15 is 0 Å². The van der Waals surface area contributed by atoms with E-state index in [9.17, 15) is 14.7 Å². The van der Waals surface area contributed by atoms with Crippen LogP contribution in [0.25, 0.3) is 0 Å². The predicted molar refractivity (Wildman–Crippen MR) is 266 cm³/mol. The highest BCUT2D eigenvalue weighted by Crippen LogP contribution is 2.26. The molecule has 2 unspecified atom stereocenters. The van der Waals surface area contributed by atoms with Crippen molar-refractivity contribution in [3.63, 3.8) is 0 Å². The minimum absolute atomic E-state index is 0.0429. The Labute approximate surface area is 386 Å². The van der Waals surface area contributed by atoms with E-state index in [1.165, 1.54) is 186 Å². The normalized spacial score (nSPS) is 14.1. The first kappa shape index (κ1) is 58.8. The number of carbonyl (C=O) groups is 2. The SMILES string of the molecule is CCCCCCCCCCCCCCCCCC(=O)OCC(CCCCN(CCN(CCO)CCCCC)C1CCC1)COC(=O)CC(CCCCCC)CCCCCCCC. The van der Waals surface area contributed by atoms with E-state index < -0.39 is 0 Å². The smallest absolute Gasteiger partial charge is 0.306 e. The van der Waals surface area contributed by atoms with Gasteiger partial charge in [-0.25, -0.2) is 0 Å². The van der Waals surface area contributed by atoms with Crippen LogP contribution >= 0.6 is 0 Å². The summed E-state index contributed by atoms with van der Waals surface area (Å²) in [5.41, 5.74) is 0. The number of esters is 2. The Kier molecular flexibility index (Phi) is 42.7. The largest absolute Gasteiger partial charge is 0.465 e. The van der Waals surface area contributed by atoms with Crippen molar-refractivity contribution >= 4 is 11.9 Å². The van der Waals surface area contributed by atoms with Gasteiger partial charge in [-0.05, 0) is 70.4 Å². The second-order valence-electron chi connectivity index (χ2n) is 19.8. The average molecular weight is 877 g/mol. The van der Waals surface area contributed by atoms with Crippen molar-refractivity contribution in [1.29, 1.82) is 0 Å². The number of nitrogens with zero attached hydrogens (tertiary/aromatic N) is 2. The molecular formula is C55H108N2O5. The van der Waals surface area contributed by atoms with Crippen molar-refractivity contribution in [2.75, 3.05) is 52.5 Å². The molecule has 7 heteroatoms. The molecule has 368 valence electrons. The zero-order chi connectivity index (χ0) is 45.0. The molecule has 1 aliphatic rings. The van der Waals surface area contributed by atoms with Crippen molar-refractivity contribution in [2.45, 2.75) is 278 Å². The molecule has 0 saturated heterocycles. The molecule has 0 spiro atoms. The molecule has 0 radical (unpaired) electrons. The van der Waals surface area contributed by atoms with E-state index in [-0.39, 0.29) is 24.5 Å². The minimum Gasteiger partial charge on any atom is -0.465 e. The second-order valence-corrected chi connectivity index (χ2v) is 19.8. The lowest BCUT2D eigenvalue weighted by molar-refractivity contribution is -0.150. The maximum absolute atomic E-state index is 13.4. The van der Waals surface area contributed by atoms with Gasteiger partial charge in [-0.3, -0.25) is 19.4 Å². The molecule has 0 heterocycles. The third-order valence-corrected chi connectivity index (χ3v) is 13.9. The number of aliphatic hydroxyl groups is 1. The lowest BCUT2D eigenvalue weighted by Crippen LogP contribution is -2.45. The van der Waals surface area contributed by atoms with Crippen LogP contribution in [-0.2, 0) is 19.1 Å². The fourth-order valence-electron chi connectivity index (χ4n) is 9.37. The molecule has 0 aliphatic heterocycles. The molecule has 7 nitrogen and oxygen atoms in total. The van der Waals surface area contributed by atoms with Crippen LogP contribution in [0.3, 0.4) is 0 Å². The number of aliphatic hydroxyl groups excluding tert-OH is 1. The monoisotopic (exact) mass is 877 g/mol. The van der Waals surface area contributed by atoms with Crippen LogP contribution < -0.4 is 0 Å². The Morgan fingerprint density at radius 3 is 1.39 bits per heavy atom. The predicted octanol–water partition coefficient (Wildman–Crippen LogP) is 15.2. The Balaban J connectivity index is 2.61. The Bertz CT molecular complexity index is 960. The van der Waals surface area contributed by atoms with Crippen LogP contribution in [0.4, 0.5) is 0 Å². The molecule has 2 atom stereocenters. The van der Waals surface area contributed by atoms with E-state index in [1.807, 2.05) is 0 Å². The van der Waals surface area contributed by atoms with Crippen molar-refractivity contribution in [3.8, 4) is 0 Å². The van der Waals surface area contributed by atoms with Crippen LogP contribution in [0.1, 0.15) is 272 Å². The van der Waals surface area contributed by atoms with Gasteiger partial charge in [-0.15, -0.1) is 0 Å². The third-order valence-electron chi connectivity index (χ3n) is 13.9. The molecule has 0 aromatic rings. The first-order valence-corrected chi connectivity index (χ1v) is 27.9. The number of hydrogen-bond donors (Lipinski definition) is 1. The summed E-state index contributed by atoms with van der Waals surface area (Å²) < 4.78 is 12.0. The zero-order valence-electron chi connectivity index (χ0n) is 42.2. The van der Waals surface area contributed by atoms with Gasteiger partial charge < -0.3 is 14.6 Å². The number of ether oxygens (including phenoxy) is 2. The van der Waals surface area contributed by atoms with Gasteiger partial charge in [0.1, 0.15) is 0 Å². The Morgan fingerprint density at radius 1 is 0.468 bits per heavy atom. The zero-order valence-corrected chi connectivity index (χ0v) is 42.2. The maximum atomic E-state index is 13.4. The van der Waals surface area contributed by atoms with Crippen LogP contribution in [0.15, 0.2) is 0 Å². The summed E-state index contributed by atoms with van der Waals surface area (Å²) in [6.07, 6.45) is 46.3. The highest BCUT2D eigenvalue weighted by Gasteiger charge is 2.25. The lowest BCUT2D eigenvalue weighted by Gasteiger charge is -2.39. The van der Waals surface area contributed by atoms with E-state index in [2.05, 4.69) is 37.5 Å². The molecular weight excluding hydrogens is 769 g/mol. The summed E-state index contributed by atoms with van der Waals surface area (Å²) in [6.45, 7) is 15.0. The van der Waals surface area contributed by atoms with E-state index in [4.69, 9.17) is 9.47 Å². The highest BCUT2D eigenvalue weighted by molar-refractivity contribution is 5.70. The number of hydrogen-bond acceptors (Lipinski definition) is 7. The number of carbonyl (C=O) groups excluding carboxylic acids is 2. The summed E-state index contributed by atoms with van der Waals surface area (Å²) in [5.74, 6) is 0.299. The second kappa shape index (κ2) is 45.0. The summed E-state index contributed by atoms with van der Waals surface area (Å²) in [7, 11) is 0. The van der Waals surface area contributed by atoms with Gasteiger partial charge in [0.15, 0.2) is 0 Å². The summed E-state index contributed by atoms with van der Waals surface area (Å²) in [5, 5.41) is 9.69. The standard InChI is InChI=1S/C55H108N2O5/c1-5-9-13-16-18-19-20-21-22-23-24-25-26-28-31-41-54(59)61-49-52(50-62-55(60)48-51(36-29-15-11-7-3)37-30-27-17-14-10-6-2)38-32-34-43-57(53-39-35-40-53)45-44-56(46-47-58)42-33-12-8-4/h51-53,58H,5-50H2,1-4H3. The van der Waals surface area contributed by atoms with Gasteiger partial charge in [-0.2, -0.15) is 0 Å². The third kappa shape index (κ3) is 36.1. The van der Waals surface area contributed by atoms with Gasteiger partial charge in [0, 0.05) is 44.4 Å². The minimum atomic E-state index is -0.0929. The van der Waals surface area contributed by atoms with Crippen LogP contribution in [0.2, 0.25) is 0 Å². The highest BCUT2D eigenvalue weighted by atomic mass is 16.5. The molecule has 1 aliphatic carbocycles. The molecule has 1 saturated carbocycles. The van der Waals surface area contributed by atoms with Crippen LogP contribution in [0, 0.1) is 11.8 Å². The number of unbranched alkanes of at least 4 members (excludes halogenated alkanes) is 25. The Hall–Kier alpha value is -1.18. The lowest BCUT2D eigenvalue weighted by atomic mass is 9.91. The quantitative estimate of drug-likeness (QED) is 0.0482. The molecule has 0 aromatic carbocycles. The maximum Gasteiger partial charge on any atom is 0.306 e. The molecule has 1 rings (SSSR count). The fraction of sp³-hybridized carbons (Fsp3) is 0.964. The topological polar surface area (TPSA) is 79.3 Å². The molecule has 0 bridgehead atoms. The van der Waals surface area contributed by atoms with Crippen molar-refractivity contribution in [2.24, 2.45) is 11.8 Å². The fourth-order valence-corrected chi connectivity index (χ4v) is 9.37. The summed E-state index contributed by atoms with van der Waals surface area (Å²) in [6, 6.07) is 0.685. The van der Waals surface area contributed by atoms with Crippen LogP contribution in [0.5, 0.6) is 0 Å². The molecule has 0 amide bonds. The summed E-state index contributed by atoms with van der Waals surface area (Å²) in [4.78, 5) is 31.4. The van der Waals surface area contributed by atoms with E-state index in [0.29, 0.717) is 38.0 Å². The van der Waals surface area contributed by atoms with Gasteiger partial charge in [-0.1, -0.05) is 207 Å². The van der Waals surface area contributed by atoms with Crippen molar-refractivity contribution < 1.29 is 24.2 Å². The van der Waals surface area contributed by atoms with Crippen molar-refractivity contribution in [1.82, 2.24) is 9.80 Å². The van der Waals surface area contributed by atoms with Gasteiger partial charge in [0.2, 0.25) is 0 Å². The van der Waals surface area contributed by atoms with Gasteiger partial charge >= 0.3 is 11.9 Å².